The van der Waals surface area contributed by atoms with Crippen molar-refractivity contribution in [3.8, 4) is 0 Å². The number of methoxy groups -OCH3 is 1. The van der Waals surface area contributed by atoms with Crippen molar-refractivity contribution in [2.45, 2.75) is 19.1 Å². The van der Waals surface area contributed by atoms with Crippen LogP contribution in [-0.2, 0) is 9.47 Å². The Bertz CT molecular complexity index is 145. The molecule has 0 saturated heterocycles. The van der Waals surface area contributed by atoms with E-state index in [4.69, 9.17) is 14.6 Å². The summed E-state index contributed by atoms with van der Waals surface area (Å²) in [5.41, 5.74) is 0. The second-order valence-electron chi connectivity index (χ2n) is 3.69. The van der Waals surface area contributed by atoms with E-state index in [-0.39, 0.29) is 12.6 Å². The van der Waals surface area contributed by atoms with Gasteiger partial charge in [0.1, 0.15) is 0 Å². The molecular formula is C10H23NO4. The van der Waals surface area contributed by atoms with E-state index in [1.54, 1.807) is 7.11 Å². The van der Waals surface area contributed by atoms with E-state index in [1.165, 1.54) is 0 Å². The lowest BCUT2D eigenvalue weighted by atomic mass is 10.3. The van der Waals surface area contributed by atoms with Crippen LogP contribution in [0.3, 0.4) is 0 Å². The Kier molecular flexibility index (Phi) is 8.94. The van der Waals surface area contributed by atoms with E-state index in [1.807, 2.05) is 18.9 Å². The highest BCUT2D eigenvalue weighted by Gasteiger charge is 2.12. The molecule has 2 unspecified atom stereocenters. The molecule has 0 amide bonds. The summed E-state index contributed by atoms with van der Waals surface area (Å²) in [4.78, 5) is 1.89. The van der Waals surface area contributed by atoms with E-state index < -0.39 is 6.10 Å². The van der Waals surface area contributed by atoms with Crippen molar-refractivity contribution < 1.29 is 19.7 Å². The van der Waals surface area contributed by atoms with Gasteiger partial charge < -0.3 is 19.7 Å². The molecule has 92 valence electrons. The molecule has 0 aromatic heterocycles. The van der Waals surface area contributed by atoms with Crippen molar-refractivity contribution >= 4 is 0 Å². The molecule has 2 atom stereocenters. The summed E-state index contributed by atoms with van der Waals surface area (Å²) in [5.74, 6) is 0. The average molecular weight is 221 g/mol. The van der Waals surface area contributed by atoms with Crippen LogP contribution in [0, 0.1) is 0 Å². The minimum absolute atomic E-state index is 0.0543. The summed E-state index contributed by atoms with van der Waals surface area (Å²) >= 11 is 0. The van der Waals surface area contributed by atoms with Crippen LogP contribution in [0.1, 0.15) is 6.92 Å². The minimum atomic E-state index is -0.527. The number of hydrogen-bond donors (Lipinski definition) is 2. The highest BCUT2D eigenvalue weighted by molar-refractivity contribution is 4.66. The Labute approximate surface area is 91.6 Å². The van der Waals surface area contributed by atoms with E-state index in [0.29, 0.717) is 26.4 Å². The fourth-order valence-electron chi connectivity index (χ4n) is 1.07. The van der Waals surface area contributed by atoms with Gasteiger partial charge in [-0.3, -0.25) is 4.90 Å². The van der Waals surface area contributed by atoms with Gasteiger partial charge in [0.05, 0.1) is 32.5 Å². The molecule has 0 heterocycles. The second kappa shape index (κ2) is 9.06. The summed E-state index contributed by atoms with van der Waals surface area (Å²) in [6.45, 7) is 3.81. The Morgan fingerprint density at radius 2 is 2.00 bits per heavy atom. The normalized spacial score (nSPS) is 15.6. The Hall–Kier alpha value is -0.200. The molecule has 0 fully saturated rings. The largest absolute Gasteiger partial charge is 0.395 e. The van der Waals surface area contributed by atoms with Crippen molar-refractivity contribution in [1.82, 2.24) is 4.90 Å². The topological polar surface area (TPSA) is 62.2 Å². The second-order valence-corrected chi connectivity index (χ2v) is 3.69. The lowest BCUT2D eigenvalue weighted by molar-refractivity contribution is -0.00436. The van der Waals surface area contributed by atoms with Crippen LogP contribution >= 0.6 is 0 Å². The molecule has 0 radical (unpaired) electrons. The van der Waals surface area contributed by atoms with Crippen LogP contribution < -0.4 is 0 Å². The molecule has 0 bridgehead atoms. The predicted octanol–water partition coefficient (Wildman–Crippen LogP) is -0.677. The van der Waals surface area contributed by atoms with E-state index in [9.17, 15) is 5.11 Å². The van der Waals surface area contributed by atoms with E-state index in [2.05, 4.69) is 0 Å². The van der Waals surface area contributed by atoms with Crippen LogP contribution in [0.25, 0.3) is 0 Å². The average Bonchev–Trinajstić information content (AvgIpc) is 2.23. The van der Waals surface area contributed by atoms with Gasteiger partial charge in [-0.1, -0.05) is 0 Å². The first-order valence-electron chi connectivity index (χ1n) is 5.17. The minimum Gasteiger partial charge on any atom is -0.395 e. The summed E-state index contributed by atoms with van der Waals surface area (Å²) < 4.78 is 10.00. The molecule has 15 heavy (non-hydrogen) atoms. The zero-order chi connectivity index (χ0) is 11.7. The van der Waals surface area contributed by atoms with Gasteiger partial charge in [0, 0.05) is 19.7 Å². The van der Waals surface area contributed by atoms with Gasteiger partial charge in [-0.25, -0.2) is 0 Å². The predicted molar refractivity (Wildman–Crippen MR) is 57.9 cm³/mol. The number of likely N-dealkylation sites (N-methyl/N-ethyl adjacent to an activating group) is 1. The summed E-state index contributed by atoms with van der Waals surface area (Å²) in [5, 5.41) is 18.5. The summed E-state index contributed by atoms with van der Waals surface area (Å²) in [6.07, 6.45) is -0.527. The molecule has 0 aromatic rings. The third kappa shape index (κ3) is 7.70. The lowest BCUT2D eigenvalue weighted by Gasteiger charge is -2.25. The van der Waals surface area contributed by atoms with Crippen LogP contribution in [0.4, 0.5) is 0 Å². The van der Waals surface area contributed by atoms with Gasteiger partial charge in [0.25, 0.3) is 0 Å². The van der Waals surface area contributed by atoms with Crippen molar-refractivity contribution in [3.63, 3.8) is 0 Å². The Morgan fingerprint density at radius 3 is 2.53 bits per heavy atom. The van der Waals surface area contributed by atoms with Gasteiger partial charge in [0.2, 0.25) is 0 Å². The molecular weight excluding hydrogens is 198 g/mol. The number of ether oxygens (including phenoxy) is 2. The standard InChI is InChI=1S/C10H23NO4/c1-9(7-12)11(2)6-10(13)8-15-5-4-14-3/h9-10,12-13H,4-8H2,1-3H3. The molecule has 0 aliphatic heterocycles. The monoisotopic (exact) mass is 221 g/mol. The fraction of sp³-hybridized carbons (Fsp3) is 1.00. The van der Waals surface area contributed by atoms with Gasteiger partial charge in [-0.05, 0) is 14.0 Å². The van der Waals surface area contributed by atoms with Crippen LogP contribution in [0.2, 0.25) is 0 Å². The van der Waals surface area contributed by atoms with Gasteiger partial charge >= 0.3 is 0 Å². The molecule has 0 aliphatic rings. The number of rotatable bonds is 9. The number of hydrogen-bond acceptors (Lipinski definition) is 5. The van der Waals surface area contributed by atoms with Crippen molar-refractivity contribution in [1.29, 1.82) is 0 Å². The van der Waals surface area contributed by atoms with Crippen LogP contribution in [-0.4, -0.2) is 74.4 Å². The van der Waals surface area contributed by atoms with Crippen LogP contribution in [0.5, 0.6) is 0 Å². The van der Waals surface area contributed by atoms with Gasteiger partial charge in [0.15, 0.2) is 0 Å². The molecule has 0 aromatic carbocycles. The van der Waals surface area contributed by atoms with E-state index >= 15 is 0 Å². The fourth-order valence-corrected chi connectivity index (χ4v) is 1.07. The lowest BCUT2D eigenvalue weighted by Crippen LogP contribution is -2.39. The van der Waals surface area contributed by atoms with Crippen LogP contribution in [0.15, 0.2) is 0 Å². The Balaban J connectivity index is 3.50. The zero-order valence-corrected chi connectivity index (χ0v) is 9.85. The maximum absolute atomic E-state index is 9.57. The first kappa shape index (κ1) is 14.8. The highest BCUT2D eigenvalue weighted by Crippen LogP contribution is 1.97. The molecule has 5 heteroatoms. The highest BCUT2D eigenvalue weighted by atomic mass is 16.5. The SMILES string of the molecule is COCCOCC(O)CN(C)C(C)CO. The zero-order valence-electron chi connectivity index (χ0n) is 9.85. The first-order chi connectivity index (χ1) is 7.11. The molecule has 2 N–H and O–H groups in total. The third-order valence-electron chi connectivity index (χ3n) is 2.26. The van der Waals surface area contributed by atoms with Crippen molar-refractivity contribution in [3.05, 3.63) is 0 Å². The molecule has 0 spiro atoms. The maximum atomic E-state index is 9.57. The molecule has 0 rings (SSSR count). The van der Waals surface area contributed by atoms with E-state index in [0.717, 1.165) is 0 Å². The quantitative estimate of drug-likeness (QED) is 0.505. The molecule has 0 saturated carbocycles. The smallest absolute Gasteiger partial charge is 0.0900 e. The number of aliphatic hydroxyl groups excluding tert-OH is 2. The van der Waals surface area contributed by atoms with Crippen molar-refractivity contribution in [2.75, 3.05) is 47.1 Å². The summed E-state index contributed by atoms with van der Waals surface area (Å²) in [6, 6.07) is 0.0543. The van der Waals surface area contributed by atoms with Gasteiger partial charge in [-0.15, -0.1) is 0 Å². The number of aliphatic hydroxyl groups is 2. The third-order valence-corrected chi connectivity index (χ3v) is 2.26. The maximum Gasteiger partial charge on any atom is 0.0900 e. The Morgan fingerprint density at radius 1 is 1.33 bits per heavy atom. The number of nitrogens with zero attached hydrogens (tertiary/aromatic N) is 1. The van der Waals surface area contributed by atoms with Gasteiger partial charge in [-0.2, -0.15) is 0 Å². The summed E-state index contributed by atoms with van der Waals surface area (Å²) in [7, 11) is 3.47. The first-order valence-corrected chi connectivity index (χ1v) is 5.17. The molecule has 5 nitrogen and oxygen atoms in total. The van der Waals surface area contributed by atoms with Crippen molar-refractivity contribution in [2.24, 2.45) is 0 Å². The molecule has 0 aliphatic carbocycles.